The van der Waals surface area contributed by atoms with Crippen molar-refractivity contribution in [3.05, 3.63) is 70.8 Å². The summed E-state index contributed by atoms with van der Waals surface area (Å²) in [5, 5.41) is 2.83. The van der Waals surface area contributed by atoms with Crippen molar-refractivity contribution in [2.24, 2.45) is 5.73 Å². The van der Waals surface area contributed by atoms with Crippen LogP contribution in [-0.2, 0) is 17.4 Å². The predicted octanol–water partition coefficient (Wildman–Crippen LogP) is 8.00. The van der Waals surface area contributed by atoms with Gasteiger partial charge in [-0.2, -0.15) is 0 Å². The molecule has 0 heterocycles. The third-order valence-electron chi connectivity index (χ3n) is 8.52. The van der Waals surface area contributed by atoms with Crippen molar-refractivity contribution in [3.63, 3.8) is 0 Å². The highest BCUT2D eigenvalue weighted by molar-refractivity contribution is 6.02. The quantitative estimate of drug-likeness (QED) is 0.437. The maximum atomic E-state index is 6.85. The zero-order valence-corrected chi connectivity index (χ0v) is 19.6. The number of hydrogen-bond donors (Lipinski definition) is 1. The molecule has 0 bridgehead atoms. The molecule has 0 amide bonds. The minimum Gasteiger partial charge on any atom is -0.321 e. The summed E-state index contributed by atoms with van der Waals surface area (Å²) < 4.78 is 0. The Morgan fingerprint density at radius 1 is 0.871 bits per heavy atom. The average Bonchev–Trinajstić information content (AvgIpc) is 3.41. The molecule has 3 aromatic carbocycles. The lowest BCUT2D eigenvalue weighted by Gasteiger charge is -2.31. The number of benzene rings is 3. The molecular weight excluding hydrogens is 374 g/mol. The second kappa shape index (κ2) is 7.78. The van der Waals surface area contributed by atoms with E-state index in [1.807, 2.05) is 0 Å². The topological polar surface area (TPSA) is 26.0 Å². The molecule has 2 aliphatic carbocycles. The largest absolute Gasteiger partial charge is 0.321 e. The van der Waals surface area contributed by atoms with Crippen LogP contribution in [0.2, 0.25) is 0 Å². The van der Waals surface area contributed by atoms with Gasteiger partial charge in [0.1, 0.15) is 0 Å². The van der Waals surface area contributed by atoms with Crippen LogP contribution < -0.4 is 5.73 Å². The Labute approximate surface area is 188 Å². The maximum Gasteiger partial charge on any atom is 0.0404 e. The second-order valence-electron chi connectivity index (χ2n) is 10.1. The molecule has 0 atom stereocenters. The Morgan fingerprint density at radius 2 is 1.65 bits per heavy atom. The molecule has 5 rings (SSSR count). The minimum absolute atomic E-state index is 0.193. The van der Waals surface area contributed by atoms with E-state index in [4.69, 9.17) is 5.73 Å². The molecule has 0 unspecified atom stereocenters. The summed E-state index contributed by atoms with van der Waals surface area (Å²) in [5.41, 5.74) is 15.7. The summed E-state index contributed by atoms with van der Waals surface area (Å²) in [4.78, 5) is 0. The molecule has 1 fully saturated rings. The van der Waals surface area contributed by atoms with Gasteiger partial charge in [0, 0.05) is 11.0 Å². The number of rotatable bonds is 6. The summed E-state index contributed by atoms with van der Waals surface area (Å²) in [6.07, 6.45) is 10.8. The van der Waals surface area contributed by atoms with Crippen molar-refractivity contribution in [1.29, 1.82) is 0 Å². The fourth-order valence-corrected chi connectivity index (χ4v) is 6.39. The standard InChI is InChI=1S/C30H37N/c1-4-7-10-21-11-14-24-22(19-21)12-16-26-28(24)25-15-13-23(30(31,5-2)6-3)20-27(25)29(26)17-8-9-18-29/h11-16,19-20H,4-10,17-18,31H2,1-3H3. The van der Waals surface area contributed by atoms with Gasteiger partial charge in [0.05, 0.1) is 0 Å². The number of unbranched alkanes of at least 4 members (excludes halogenated alkanes) is 1. The molecule has 0 aliphatic heterocycles. The molecule has 31 heavy (non-hydrogen) atoms. The third-order valence-corrected chi connectivity index (χ3v) is 8.52. The number of hydrogen-bond acceptors (Lipinski definition) is 1. The lowest BCUT2D eigenvalue weighted by atomic mass is 9.75. The normalized spacial score (nSPS) is 16.8. The summed E-state index contributed by atoms with van der Waals surface area (Å²) in [6, 6.07) is 19.3. The van der Waals surface area contributed by atoms with E-state index in [2.05, 4.69) is 69.3 Å². The molecule has 1 saturated carbocycles. The van der Waals surface area contributed by atoms with Crippen LogP contribution in [0.5, 0.6) is 0 Å². The van der Waals surface area contributed by atoms with E-state index in [0.717, 1.165) is 12.8 Å². The van der Waals surface area contributed by atoms with Gasteiger partial charge >= 0.3 is 0 Å². The van der Waals surface area contributed by atoms with E-state index in [1.54, 1.807) is 11.1 Å². The molecular formula is C30H37N. The zero-order chi connectivity index (χ0) is 21.6. The first kappa shape index (κ1) is 20.8. The van der Waals surface area contributed by atoms with Crippen molar-refractivity contribution >= 4 is 10.8 Å². The fraction of sp³-hybridized carbons (Fsp3) is 0.467. The predicted molar refractivity (Wildman–Crippen MR) is 134 cm³/mol. The van der Waals surface area contributed by atoms with Gasteiger partial charge < -0.3 is 5.73 Å². The molecule has 162 valence electrons. The first-order chi connectivity index (χ1) is 15.1. The van der Waals surface area contributed by atoms with Crippen LogP contribution in [0.4, 0.5) is 0 Å². The Kier molecular flexibility index (Phi) is 5.21. The molecule has 0 aromatic heterocycles. The number of fused-ring (bicyclic) bond motifs is 7. The van der Waals surface area contributed by atoms with Crippen molar-refractivity contribution < 1.29 is 0 Å². The van der Waals surface area contributed by atoms with Gasteiger partial charge in [0.25, 0.3) is 0 Å². The van der Waals surface area contributed by atoms with Crippen LogP contribution in [0.1, 0.15) is 94.4 Å². The fourth-order valence-electron chi connectivity index (χ4n) is 6.39. The molecule has 2 N–H and O–H groups in total. The Balaban J connectivity index is 1.72. The van der Waals surface area contributed by atoms with Crippen LogP contribution in [0.25, 0.3) is 21.9 Å². The summed E-state index contributed by atoms with van der Waals surface area (Å²) in [6.45, 7) is 6.72. The summed E-state index contributed by atoms with van der Waals surface area (Å²) >= 11 is 0. The molecule has 0 radical (unpaired) electrons. The Bertz CT molecular complexity index is 1110. The van der Waals surface area contributed by atoms with Gasteiger partial charge in [-0.1, -0.05) is 88.6 Å². The van der Waals surface area contributed by atoms with Crippen LogP contribution in [0, 0.1) is 0 Å². The van der Waals surface area contributed by atoms with E-state index in [0.29, 0.717) is 0 Å². The molecule has 1 spiro atoms. The van der Waals surface area contributed by atoms with Crippen LogP contribution in [0.3, 0.4) is 0 Å². The molecule has 3 aromatic rings. The lowest BCUT2D eigenvalue weighted by Crippen LogP contribution is -2.35. The Morgan fingerprint density at radius 3 is 2.35 bits per heavy atom. The Hall–Kier alpha value is -2.12. The van der Waals surface area contributed by atoms with Gasteiger partial charge in [-0.05, 0) is 82.7 Å². The third kappa shape index (κ3) is 3.08. The highest BCUT2D eigenvalue weighted by Gasteiger charge is 2.46. The van der Waals surface area contributed by atoms with E-state index in [9.17, 15) is 0 Å². The smallest absolute Gasteiger partial charge is 0.0404 e. The van der Waals surface area contributed by atoms with E-state index >= 15 is 0 Å². The van der Waals surface area contributed by atoms with E-state index in [-0.39, 0.29) is 11.0 Å². The molecule has 1 heteroatoms. The summed E-state index contributed by atoms with van der Waals surface area (Å²) in [5.74, 6) is 0. The molecule has 0 saturated heterocycles. The molecule has 1 nitrogen and oxygen atoms in total. The SMILES string of the molecule is CCCCc1ccc2c3c(ccc2c1)C1(CCCC1)c1cc(C(N)(CC)CC)ccc1-3. The first-order valence-electron chi connectivity index (χ1n) is 12.6. The molecule has 2 aliphatic rings. The van der Waals surface area contributed by atoms with Gasteiger partial charge in [0.2, 0.25) is 0 Å². The maximum absolute atomic E-state index is 6.85. The first-order valence-corrected chi connectivity index (χ1v) is 12.6. The van der Waals surface area contributed by atoms with Gasteiger partial charge in [-0.15, -0.1) is 0 Å². The van der Waals surface area contributed by atoms with Gasteiger partial charge in [0.15, 0.2) is 0 Å². The minimum atomic E-state index is -0.222. The highest BCUT2D eigenvalue weighted by Crippen LogP contribution is 2.58. The summed E-state index contributed by atoms with van der Waals surface area (Å²) in [7, 11) is 0. The van der Waals surface area contributed by atoms with E-state index < -0.39 is 0 Å². The van der Waals surface area contributed by atoms with Crippen LogP contribution >= 0.6 is 0 Å². The van der Waals surface area contributed by atoms with Crippen molar-refractivity contribution in [2.45, 2.75) is 89.5 Å². The van der Waals surface area contributed by atoms with Crippen molar-refractivity contribution in [3.8, 4) is 11.1 Å². The average molecular weight is 412 g/mol. The monoisotopic (exact) mass is 411 g/mol. The van der Waals surface area contributed by atoms with Crippen LogP contribution in [-0.4, -0.2) is 0 Å². The lowest BCUT2D eigenvalue weighted by molar-refractivity contribution is 0.411. The number of aryl methyl sites for hydroxylation is 1. The highest BCUT2D eigenvalue weighted by atomic mass is 14.7. The van der Waals surface area contributed by atoms with Gasteiger partial charge in [-0.3, -0.25) is 0 Å². The second-order valence-corrected chi connectivity index (χ2v) is 10.1. The van der Waals surface area contributed by atoms with Crippen LogP contribution in [0.15, 0.2) is 48.5 Å². The van der Waals surface area contributed by atoms with Crippen molar-refractivity contribution in [2.75, 3.05) is 0 Å². The van der Waals surface area contributed by atoms with Crippen molar-refractivity contribution in [1.82, 2.24) is 0 Å². The zero-order valence-electron chi connectivity index (χ0n) is 19.6. The van der Waals surface area contributed by atoms with Gasteiger partial charge in [-0.25, -0.2) is 0 Å². The van der Waals surface area contributed by atoms with E-state index in [1.165, 1.54) is 78.0 Å². The number of nitrogens with two attached hydrogens (primary N) is 1.